The summed E-state index contributed by atoms with van der Waals surface area (Å²) in [4.78, 5) is 1.36. The van der Waals surface area contributed by atoms with Crippen molar-refractivity contribution in [3.63, 3.8) is 0 Å². The number of nitrogens with one attached hydrogen (secondary N) is 1. The average molecular weight is 275 g/mol. The van der Waals surface area contributed by atoms with Crippen LogP contribution in [0.1, 0.15) is 21.6 Å². The molecule has 0 amide bonds. The molecule has 0 atom stereocenters. The lowest BCUT2D eigenvalue weighted by molar-refractivity contribution is 0.309. The Morgan fingerprint density at radius 2 is 1.89 bits per heavy atom. The topological polar surface area (TPSA) is 21.3 Å². The molecule has 0 spiro atoms. The maximum absolute atomic E-state index is 5.91. The maximum atomic E-state index is 5.91. The van der Waals surface area contributed by atoms with Crippen LogP contribution in [0.2, 0.25) is 0 Å². The highest BCUT2D eigenvalue weighted by molar-refractivity contribution is 7.09. The molecule has 0 fully saturated rings. The van der Waals surface area contributed by atoms with Gasteiger partial charge in [0.05, 0.1) is 0 Å². The molecule has 0 unspecified atom stereocenters. The Morgan fingerprint density at radius 3 is 2.63 bits per heavy atom. The standard InChI is InChI=1S/C16H21NOS/c1-12-6-7-13(2)16(14(12)3)18-9-8-17-11-15-5-4-10-19-15/h4-7,10,17H,8-9,11H2,1-3H3. The van der Waals surface area contributed by atoms with Gasteiger partial charge in [-0.3, -0.25) is 0 Å². The number of thiophene rings is 1. The Hall–Kier alpha value is -1.32. The molecule has 2 aromatic rings. The van der Waals surface area contributed by atoms with E-state index in [-0.39, 0.29) is 0 Å². The summed E-state index contributed by atoms with van der Waals surface area (Å²) in [5, 5.41) is 5.50. The van der Waals surface area contributed by atoms with Crippen LogP contribution >= 0.6 is 11.3 Å². The van der Waals surface area contributed by atoms with E-state index in [1.165, 1.54) is 21.6 Å². The highest BCUT2D eigenvalue weighted by atomic mass is 32.1. The first-order valence-electron chi connectivity index (χ1n) is 6.61. The monoisotopic (exact) mass is 275 g/mol. The Bertz CT molecular complexity index is 520. The second kappa shape index (κ2) is 6.73. The Morgan fingerprint density at radius 1 is 1.11 bits per heavy atom. The predicted octanol–water partition coefficient (Wildman–Crippen LogP) is 3.84. The summed E-state index contributed by atoms with van der Waals surface area (Å²) >= 11 is 1.78. The van der Waals surface area contributed by atoms with Gasteiger partial charge in [-0.2, -0.15) is 0 Å². The highest BCUT2D eigenvalue weighted by Gasteiger charge is 2.05. The van der Waals surface area contributed by atoms with E-state index in [9.17, 15) is 0 Å². The van der Waals surface area contributed by atoms with Gasteiger partial charge in [0, 0.05) is 18.0 Å². The summed E-state index contributed by atoms with van der Waals surface area (Å²) in [6, 6.07) is 8.49. The van der Waals surface area contributed by atoms with E-state index in [1.54, 1.807) is 11.3 Å². The molecule has 1 aromatic carbocycles. The fourth-order valence-corrected chi connectivity index (χ4v) is 2.67. The van der Waals surface area contributed by atoms with Gasteiger partial charge in [0.25, 0.3) is 0 Å². The first kappa shape index (κ1) is 14.1. The molecule has 1 aromatic heterocycles. The zero-order valence-electron chi connectivity index (χ0n) is 11.8. The Kier molecular flexibility index (Phi) is 5.00. The fourth-order valence-electron chi connectivity index (χ4n) is 2.00. The molecule has 0 radical (unpaired) electrons. The lowest BCUT2D eigenvalue weighted by atomic mass is 10.1. The molecule has 3 heteroatoms. The molecule has 0 aliphatic carbocycles. The Labute approximate surface area is 119 Å². The molecule has 0 aliphatic heterocycles. The van der Waals surface area contributed by atoms with E-state index in [4.69, 9.17) is 4.74 Å². The molecule has 2 nitrogen and oxygen atoms in total. The lowest BCUT2D eigenvalue weighted by Gasteiger charge is -2.14. The van der Waals surface area contributed by atoms with E-state index >= 15 is 0 Å². The van der Waals surface area contributed by atoms with Crippen molar-refractivity contribution in [2.45, 2.75) is 27.3 Å². The van der Waals surface area contributed by atoms with Crippen LogP contribution in [0.3, 0.4) is 0 Å². The minimum atomic E-state index is 0.705. The second-order valence-electron chi connectivity index (χ2n) is 4.76. The minimum Gasteiger partial charge on any atom is -0.492 e. The van der Waals surface area contributed by atoms with Gasteiger partial charge in [0.1, 0.15) is 12.4 Å². The van der Waals surface area contributed by atoms with Gasteiger partial charge in [-0.1, -0.05) is 18.2 Å². The first-order chi connectivity index (χ1) is 9.18. The molecule has 102 valence electrons. The summed E-state index contributed by atoms with van der Waals surface area (Å²) in [6.45, 7) is 8.84. The van der Waals surface area contributed by atoms with Crippen molar-refractivity contribution in [2.24, 2.45) is 0 Å². The summed E-state index contributed by atoms with van der Waals surface area (Å²) < 4.78 is 5.91. The minimum absolute atomic E-state index is 0.705. The maximum Gasteiger partial charge on any atom is 0.125 e. The fraction of sp³-hybridized carbons (Fsp3) is 0.375. The van der Waals surface area contributed by atoms with Gasteiger partial charge in [-0.15, -0.1) is 11.3 Å². The molecular formula is C16H21NOS. The molecule has 1 N–H and O–H groups in total. The zero-order chi connectivity index (χ0) is 13.7. The van der Waals surface area contributed by atoms with Crippen molar-refractivity contribution >= 4 is 11.3 Å². The van der Waals surface area contributed by atoms with Crippen molar-refractivity contribution in [3.8, 4) is 5.75 Å². The van der Waals surface area contributed by atoms with Crippen LogP contribution in [0, 0.1) is 20.8 Å². The van der Waals surface area contributed by atoms with Gasteiger partial charge in [0.15, 0.2) is 0 Å². The van der Waals surface area contributed by atoms with Crippen LogP contribution in [-0.4, -0.2) is 13.2 Å². The molecular weight excluding hydrogens is 254 g/mol. The largest absolute Gasteiger partial charge is 0.492 e. The summed E-state index contributed by atoms with van der Waals surface area (Å²) in [5.41, 5.74) is 3.74. The Balaban J connectivity index is 1.78. The smallest absolute Gasteiger partial charge is 0.125 e. The van der Waals surface area contributed by atoms with Crippen LogP contribution in [0.4, 0.5) is 0 Å². The number of benzene rings is 1. The van der Waals surface area contributed by atoms with Gasteiger partial charge in [-0.05, 0) is 48.9 Å². The summed E-state index contributed by atoms with van der Waals surface area (Å²) in [5.74, 6) is 1.04. The van der Waals surface area contributed by atoms with Crippen LogP contribution in [0.5, 0.6) is 5.75 Å². The SMILES string of the molecule is Cc1ccc(C)c(OCCNCc2cccs2)c1C. The summed E-state index contributed by atoms with van der Waals surface area (Å²) in [7, 11) is 0. The van der Waals surface area contributed by atoms with Crippen molar-refractivity contribution in [1.29, 1.82) is 0 Å². The molecule has 0 saturated carbocycles. The lowest BCUT2D eigenvalue weighted by Crippen LogP contribution is -2.20. The van der Waals surface area contributed by atoms with Crippen molar-refractivity contribution in [3.05, 3.63) is 51.2 Å². The van der Waals surface area contributed by atoms with Crippen molar-refractivity contribution in [1.82, 2.24) is 5.32 Å². The first-order valence-corrected chi connectivity index (χ1v) is 7.49. The van der Waals surface area contributed by atoms with Crippen molar-refractivity contribution in [2.75, 3.05) is 13.2 Å². The number of aryl methyl sites for hydroxylation is 2. The van der Waals surface area contributed by atoms with Crippen molar-refractivity contribution < 1.29 is 4.74 Å². The number of ether oxygens (including phenoxy) is 1. The molecule has 0 saturated heterocycles. The highest BCUT2D eigenvalue weighted by Crippen LogP contribution is 2.25. The van der Waals surface area contributed by atoms with Gasteiger partial charge >= 0.3 is 0 Å². The van der Waals surface area contributed by atoms with Crippen LogP contribution < -0.4 is 10.1 Å². The quantitative estimate of drug-likeness (QED) is 0.809. The molecule has 0 bridgehead atoms. The number of hydrogen-bond acceptors (Lipinski definition) is 3. The third-order valence-electron chi connectivity index (χ3n) is 3.28. The predicted molar refractivity (Wildman–Crippen MR) is 82.2 cm³/mol. The normalized spacial score (nSPS) is 10.7. The van der Waals surface area contributed by atoms with E-state index in [0.717, 1.165) is 18.8 Å². The molecule has 19 heavy (non-hydrogen) atoms. The van der Waals surface area contributed by atoms with E-state index in [2.05, 4.69) is 55.7 Å². The van der Waals surface area contributed by atoms with Gasteiger partial charge in [0.2, 0.25) is 0 Å². The van der Waals surface area contributed by atoms with E-state index in [1.807, 2.05) is 0 Å². The zero-order valence-corrected chi connectivity index (χ0v) is 12.6. The van der Waals surface area contributed by atoms with E-state index < -0.39 is 0 Å². The van der Waals surface area contributed by atoms with Gasteiger partial charge in [-0.25, -0.2) is 0 Å². The van der Waals surface area contributed by atoms with Crippen LogP contribution in [0.15, 0.2) is 29.6 Å². The number of hydrogen-bond donors (Lipinski definition) is 1. The second-order valence-corrected chi connectivity index (χ2v) is 5.79. The molecule has 1 heterocycles. The van der Waals surface area contributed by atoms with Gasteiger partial charge < -0.3 is 10.1 Å². The summed E-state index contributed by atoms with van der Waals surface area (Å²) in [6.07, 6.45) is 0. The molecule has 2 rings (SSSR count). The van der Waals surface area contributed by atoms with E-state index in [0.29, 0.717) is 6.61 Å². The molecule has 0 aliphatic rings. The van der Waals surface area contributed by atoms with Crippen LogP contribution in [0.25, 0.3) is 0 Å². The average Bonchev–Trinajstić information content (AvgIpc) is 2.90. The third-order valence-corrected chi connectivity index (χ3v) is 4.15. The van der Waals surface area contributed by atoms with Crippen LogP contribution in [-0.2, 0) is 6.54 Å². The third kappa shape index (κ3) is 3.82. The number of rotatable bonds is 6.